The molecule has 0 spiro atoms. The molecule has 0 heterocycles. The lowest BCUT2D eigenvalue weighted by molar-refractivity contribution is -0.0867. The van der Waals surface area contributed by atoms with Crippen LogP contribution in [0.15, 0.2) is 24.3 Å². The van der Waals surface area contributed by atoms with Crippen LogP contribution < -0.4 is 4.74 Å². The fourth-order valence-electron chi connectivity index (χ4n) is 2.74. The zero-order valence-corrected chi connectivity index (χ0v) is 10.9. The van der Waals surface area contributed by atoms with Crippen molar-refractivity contribution in [2.24, 2.45) is 0 Å². The van der Waals surface area contributed by atoms with Crippen molar-refractivity contribution in [3.05, 3.63) is 29.8 Å². The van der Waals surface area contributed by atoms with Gasteiger partial charge in [0.25, 0.3) is 0 Å². The van der Waals surface area contributed by atoms with E-state index in [2.05, 4.69) is 0 Å². The Hall–Kier alpha value is -1.06. The Kier molecular flexibility index (Phi) is 4.25. The third kappa shape index (κ3) is 2.85. The van der Waals surface area contributed by atoms with Gasteiger partial charge in [0.2, 0.25) is 0 Å². The minimum atomic E-state index is -0.983. The Balaban J connectivity index is 2.19. The van der Waals surface area contributed by atoms with E-state index in [0.717, 1.165) is 31.2 Å². The second-order valence-corrected chi connectivity index (χ2v) is 5.20. The second-order valence-electron chi connectivity index (χ2n) is 5.20. The molecule has 1 fully saturated rings. The molecule has 0 amide bonds. The summed E-state index contributed by atoms with van der Waals surface area (Å²) in [5.74, 6) is 0.712. The van der Waals surface area contributed by atoms with Crippen molar-refractivity contribution in [3.63, 3.8) is 0 Å². The Morgan fingerprint density at radius 3 is 2.44 bits per heavy atom. The van der Waals surface area contributed by atoms with E-state index in [0.29, 0.717) is 18.6 Å². The zero-order chi connectivity index (χ0) is 13.0. The molecule has 1 saturated carbocycles. The first kappa shape index (κ1) is 13.4. The Labute approximate surface area is 108 Å². The molecule has 0 aromatic heterocycles. The van der Waals surface area contributed by atoms with Gasteiger partial charge in [-0.15, -0.1) is 0 Å². The largest absolute Gasteiger partial charge is 0.497 e. The van der Waals surface area contributed by atoms with Crippen LogP contribution in [0.4, 0.5) is 0 Å². The highest BCUT2D eigenvalue weighted by atomic mass is 16.5. The van der Waals surface area contributed by atoms with E-state index in [1.54, 1.807) is 13.2 Å². The van der Waals surface area contributed by atoms with Crippen LogP contribution in [0.3, 0.4) is 0 Å². The molecule has 1 aromatic rings. The van der Waals surface area contributed by atoms with E-state index in [4.69, 9.17) is 4.74 Å². The number of hydrogen-bond donors (Lipinski definition) is 2. The van der Waals surface area contributed by atoms with E-state index >= 15 is 0 Å². The van der Waals surface area contributed by atoms with E-state index in [9.17, 15) is 10.2 Å². The van der Waals surface area contributed by atoms with Gasteiger partial charge in [-0.3, -0.25) is 0 Å². The van der Waals surface area contributed by atoms with Crippen molar-refractivity contribution < 1.29 is 14.9 Å². The minimum absolute atomic E-state index is 0.672. The first-order chi connectivity index (χ1) is 8.65. The Morgan fingerprint density at radius 2 is 1.83 bits per heavy atom. The molecule has 3 heteroatoms. The van der Waals surface area contributed by atoms with Gasteiger partial charge in [0.15, 0.2) is 0 Å². The maximum Gasteiger partial charge on any atom is 0.119 e. The van der Waals surface area contributed by atoms with E-state index in [-0.39, 0.29) is 0 Å². The molecule has 1 aromatic carbocycles. The predicted molar refractivity (Wildman–Crippen MR) is 70.6 cm³/mol. The van der Waals surface area contributed by atoms with Crippen LogP contribution >= 0.6 is 0 Å². The molecule has 100 valence electrons. The van der Waals surface area contributed by atoms with Gasteiger partial charge in [0.1, 0.15) is 11.9 Å². The maximum atomic E-state index is 10.6. The van der Waals surface area contributed by atoms with Crippen molar-refractivity contribution in [3.8, 4) is 5.75 Å². The quantitative estimate of drug-likeness (QED) is 0.811. The van der Waals surface area contributed by atoms with Gasteiger partial charge < -0.3 is 14.9 Å². The molecular weight excluding hydrogens is 228 g/mol. The SMILES string of the molecule is COc1cccc(C(O)C2(O)CCCCCC2)c1. The lowest BCUT2D eigenvalue weighted by Crippen LogP contribution is -2.35. The predicted octanol–water partition coefficient (Wildman–Crippen LogP) is 2.81. The van der Waals surface area contributed by atoms with Gasteiger partial charge in [-0.1, -0.05) is 37.8 Å². The summed E-state index contributed by atoms with van der Waals surface area (Å²) in [5.41, 5.74) is -0.248. The van der Waals surface area contributed by atoms with Crippen molar-refractivity contribution >= 4 is 0 Å². The summed E-state index contributed by atoms with van der Waals surface area (Å²) in [6.45, 7) is 0. The zero-order valence-electron chi connectivity index (χ0n) is 10.9. The molecule has 0 radical (unpaired) electrons. The van der Waals surface area contributed by atoms with E-state index in [1.165, 1.54) is 0 Å². The number of rotatable bonds is 3. The summed E-state index contributed by atoms with van der Waals surface area (Å²) in [6.07, 6.45) is 4.78. The molecule has 1 atom stereocenters. The van der Waals surface area contributed by atoms with Crippen LogP contribution in [-0.4, -0.2) is 22.9 Å². The molecule has 18 heavy (non-hydrogen) atoms. The highest BCUT2D eigenvalue weighted by Crippen LogP contribution is 2.38. The standard InChI is InChI=1S/C15H22O3/c1-18-13-8-6-7-12(11-13)14(16)15(17)9-4-2-3-5-10-15/h6-8,11,14,16-17H,2-5,9-10H2,1H3. The number of benzene rings is 1. The van der Waals surface area contributed by atoms with Crippen molar-refractivity contribution in [1.29, 1.82) is 0 Å². The molecule has 1 aliphatic carbocycles. The topological polar surface area (TPSA) is 49.7 Å². The van der Waals surface area contributed by atoms with Crippen molar-refractivity contribution in [2.75, 3.05) is 7.11 Å². The monoisotopic (exact) mass is 250 g/mol. The van der Waals surface area contributed by atoms with Crippen LogP contribution in [0.25, 0.3) is 0 Å². The fourth-order valence-corrected chi connectivity index (χ4v) is 2.74. The van der Waals surface area contributed by atoms with Gasteiger partial charge in [-0.25, -0.2) is 0 Å². The summed E-state index contributed by atoms with van der Waals surface area (Å²) < 4.78 is 5.16. The average molecular weight is 250 g/mol. The summed E-state index contributed by atoms with van der Waals surface area (Å²) in [5, 5.41) is 21.1. The lowest BCUT2D eigenvalue weighted by Gasteiger charge is -2.32. The number of aliphatic hydroxyl groups is 2. The summed E-state index contributed by atoms with van der Waals surface area (Å²) in [7, 11) is 1.60. The molecule has 1 aliphatic rings. The molecule has 0 aliphatic heterocycles. The Bertz CT molecular complexity index is 381. The van der Waals surface area contributed by atoms with Crippen LogP contribution in [0.2, 0.25) is 0 Å². The van der Waals surface area contributed by atoms with Gasteiger partial charge in [0.05, 0.1) is 12.7 Å². The fraction of sp³-hybridized carbons (Fsp3) is 0.600. The molecule has 2 rings (SSSR count). The second kappa shape index (κ2) is 5.72. The van der Waals surface area contributed by atoms with E-state index < -0.39 is 11.7 Å². The first-order valence-corrected chi connectivity index (χ1v) is 6.70. The minimum Gasteiger partial charge on any atom is -0.497 e. The highest BCUT2D eigenvalue weighted by Gasteiger charge is 2.36. The lowest BCUT2D eigenvalue weighted by atomic mass is 9.84. The van der Waals surface area contributed by atoms with Gasteiger partial charge in [-0.05, 0) is 30.5 Å². The van der Waals surface area contributed by atoms with Gasteiger partial charge in [-0.2, -0.15) is 0 Å². The normalized spacial score (nSPS) is 21.1. The molecular formula is C15H22O3. The maximum absolute atomic E-state index is 10.6. The Morgan fingerprint density at radius 1 is 1.17 bits per heavy atom. The molecule has 0 saturated heterocycles. The van der Waals surface area contributed by atoms with Gasteiger partial charge >= 0.3 is 0 Å². The summed E-state index contributed by atoms with van der Waals surface area (Å²) >= 11 is 0. The third-order valence-electron chi connectivity index (χ3n) is 3.89. The highest BCUT2D eigenvalue weighted by molar-refractivity contribution is 5.31. The van der Waals surface area contributed by atoms with Crippen LogP contribution in [0.5, 0.6) is 5.75 Å². The number of hydrogen-bond acceptors (Lipinski definition) is 3. The number of ether oxygens (including phenoxy) is 1. The molecule has 1 unspecified atom stereocenters. The first-order valence-electron chi connectivity index (χ1n) is 6.70. The molecule has 3 nitrogen and oxygen atoms in total. The third-order valence-corrected chi connectivity index (χ3v) is 3.89. The van der Waals surface area contributed by atoms with Crippen molar-refractivity contribution in [2.45, 2.75) is 50.2 Å². The van der Waals surface area contributed by atoms with Crippen LogP contribution in [0, 0.1) is 0 Å². The van der Waals surface area contributed by atoms with Gasteiger partial charge in [0, 0.05) is 0 Å². The van der Waals surface area contributed by atoms with E-state index in [1.807, 2.05) is 18.2 Å². The smallest absolute Gasteiger partial charge is 0.119 e. The van der Waals surface area contributed by atoms with Crippen molar-refractivity contribution in [1.82, 2.24) is 0 Å². The average Bonchev–Trinajstić information content (AvgIpc) is 2.64. The molecule has 2 N–H and O–H groups in total. The van der Waals surface area contributed by atoms with Crippen LogP contribution in [0.1, 0.15) is 50.2 Å². The summed E-state index contributed by atoms with van der Waals surface area (Å²) in [4.78, 5) is 0. The number of methoxy groups -OCH3 is 1. The van der Waals surface area contributed by atoms with Crippen LogP contribution in [-0.2, 0) is 0 Å². The summed E-state index contributed by atoms with van der Waals surface area (Å²) in [6, 6.07) is 7.33. The molecule has 0 bridgehead atoms. The number of aliphatic hydroxyl groups excluding tert-OH is 1.